The molecule has 0 saturated carbocycles. The van der Waals surface area contributed by atoms with Gasteiger partial charge in [-0.2, -0.15) is 0 Å². The summed E-state index contributed by atoms with van der Waals surface area (Å²) in [5, 5.41) is 13.0. The first kappa shape index (κ1) is 17.5. The number of aliphatic carboxylic acids is 1. The number of nitrogens with zero attached hydrogens (tertiary/aromatic N) is 1. The predicted molar refractivity (Wildman–Crippen MR) is 61.2 cm³/mol. The van der Waals surface area contributed by atoms with Crippen LogP contribution in [0.1, 0.15) is 19.4 Å². The normalized spacial score (nSPS) is 11.3. The summed E-state index contributed by atoms with van der Waals surface area (Å²) in [5.74, 6) is -1.61. The van der Waals surface area contributed by atoms with Gasteiger partial charge in [0.1, 0.15) is 6.61 Å². The van der Waals surface area contributed by atoms with Gasteiger partial charge >= 0.3 is 25.0 Å². The number of carbonyl (C=O) groups excluding carboxylic acids is 2. The van der Waals surface area contributed by atoms with Gasteiger partial charge in [0.15, 0.2) is 0 Å². The largest absolute Gasteiger partial charge is 1.00 e. The fraction of sp³-hybridized carbons (Fsp3) is 0.417. The fourth-order valence-corrected chi connectivity index (χ4v) is 1.30. The van der Waals surface area contributed by atoms with E-state index in [1.54, 1.807) is 38.4 Å². The van der Waals surface area contributed by atoms with E-state index < -0.39 is 18.1 Å². The monoisotopic (exact) mass is 258 g/mol. The van der Waals surface area contributed by atoms with Crippen LogP contribution < -0.4 is 29.3 Å². The van der Waals surface area contributed by atoms with E-state index in [1.807, 2.05) is 0 Å². The molecule has 98 valence electrons. The Labute approximate surface area is 123 Å². The van der Waals surface area contributed by atoms with Gasteiger partial charge < -0.3 is 20.0 Å². The average molecular weight is 258 g/mol. The zero-order valence-electron chi connectivity index (χ0n) is 11.3. The van der Waals surface area contributed by atoms with E-state index in [0.717, 1.165) is 5.56 Å². The van der Waals surface area contributed by atoms with E-state index in [4.69, 9.17) is 4.74 Å². The molecule has 1 heterocycles. The van der Waals surface area contributed by atoms with Gasteiger partial charge in [0.25, 0.3) is 0 Å². The second kappa shape index (κ2) is 8.57. The van der Waals surface area contributed by atoms with E-state index >= 15 is 0 Å². The molecule has 1 aromatic heterocycles. The van der Waals surface area contributed by atoms with Gasteiger partial charge in [-0.1, -0.05) is 19.9 Å². The Kier molecular flexibility index (Phi) is 7.88. The van der Waals surface area contributed by atoms with Gasteiger partial charge in [0, 0.05) is 18.0 Å². The summed E-state index contributed by atoms with van der Waals surface area (Å²) < 4.78 is 4.88. The molecule has 1 aromatic rings. The number of pyridine rings is 1. The number of nitrogens with one attached hydrogen (secondary N) is 1. The van der Waals surface area contributed by atoms with Crippen LogP contribution in [-0.2, 0) is 16.1 Å². The molecule has 0 fully saturated rings. The molecular weight excluding hydrogens is 243 g/mol. The number of rotatable bonds is 5. The van der Waals surface area contributed by atoms with Crippen LogP contribution >= 0.6 is 0 Å². The van der Waals surface area contributed by atoms with Crippen molar-refractivity contribution >= 4 is 12.1 Å². The first-order valence-electron chi connectivity index (χ1n) is 5.53. The summed E-state index contributed by atoms with van der Waals surface area (Å²) in [6.07, 6.45) is 2.38. The number of alkyl carbamates (subject to hydrolysis) is 1. The molecule has 0 saturated heterocycles. The Bertz CT molecular complexity index is 411. The van der Waals surface area contributed by atoms with Crippen LogP contribution in [0.4, 0.5) is 4.79 Å². The Morgan fingerprint density at radius 2 is 2.16 bits per heavy atom. The molecule has 0 radical (unpaired) electrons. The van der Waals surface area contributed by atoms with Crippen molar-refractivity contribution in [3.8, 4) is 0 Å². The van der Waals surface area contributed by atoms with Crippen molar-refractivity contribution < 1.29 is 38.3 Å². The van der Waals surface area contributed by atoms with Gasteiger partial charge in [0.2, 0.25) is 0 Å². The fourth-order valence-electron chi connectivity index (χ4n) is 1.30. The van der Waals surface area contributed by atoms with Crippen molar-refractivity contribution in [3.63, 3.8) is 0 Å². The smallest absolute Gasteiger partial charge is 0.548 e. The van der Waals surface area contributed by atoms with Crippen LogP contribution in [-0.4, -0.2) is 23.1 Å². The summed E-state index contributed by atoms with van der Waals surface area (Å²) in [6, 6.07) is 2.40. The number of aromatic nitrogens is 1. The van der Waals surface area contributed by atoms with Crippen molar-refractivity contribution in [2.45, 2.75) is 26.5 Å². The second-order valence-electron chi connectivity index (χ2n) is 4.12. The molecule has 7 heteroatoms. The maximum Gasteiger partial charge on any atom is 1.00 e. The van der Waals surface area contributed by atoms with E-state index in [9.17, 15) is 14.7 Å². The topological polar surface area (TPSA) is 91.3 Å². The van der Waals surface area contributed by atoms with E-state index in [1.165, 1.54) is 0 Å². The average Bonchev–Trinajstić information content (AvgIpc) is 2.34. The predicted octanol–water partition coefficient (Wildman–Crippen LogP) is -2.91. The molecule has 19 heavy (non-hydrogen) atoms. The third-order valence-electron chi connectivity index (χ3n) is 2.29. The van der Waals surface area contributed by atoms with Crippen molar-refractivity contribution in [2.75, 3.05) is 0 Å². The van der Waals surface area contributed by atoms with Gasteiger partial charge in [-0.25, -0.2) is 4.79 Å². The van der Waals surface area contributed by atoms with Crippen LogP contribution in [0.3, 0.4) is 0 Å². The van der Waals surface area contributed by atoms with Crippen molar-refractivity contribution in [1.82, 2.24) is 10.3 Å². The molecule has 1 atom stereocenters. The number of carbonyl (C=O) groups is 2. The second-order valence-corrected chi connectivity index (χ2v) is 4.12. The SMILES string of the molecule is CC(C)[C@H](NC(=O)OCc1cccnc1)C(=O)[O-].[Li+]. The number of carboxylic acids is 1. The summed E-state index contributed by atoms with van der Waals surface area (Å²) in [4.78, 5) is 26.0. The molecule has 1 rings (SSSR count). The number of hydrogen-bond acceptors (Lipinski definition) is 5. The first-order chi connectivity index (χ1) is 8.50. The third-order valence-corrected chi connectivity index (χ3v) is 2.29. The number of ether oxygens (including phenoxy) is 1. The number of carboxylic acid groups (broad SMARTS) is 1. The molecular formula is C12H15LiN2O4. The minimum atomic E-state index is -1.33. The summed E-state index contributed by atoms with van der Waals surface area (Å²) in [7, 11) is 0. The Morgan fingerprint density at radius 1 is 1.47 bits per heavy atom. The van der Waals surface area contributed by atoms with E-state index in [2.05, 4.69) is 10.3 Å². The molecule has 0 aliphatic heterocycles. The van der Waals surface area contributed by atoms with E-state index in [-0.39, 0.29) is 31.4 Å². The molecule has 0 aromatic carbocycles. The molecule has 0 aliphatic rings. The molecule has 0 spiro atoms. The Morgan fingerprint density at radius 3 is 2.63 bits per heavy atom. The quantitative estimate of drug-likeness (QED) is 0.571. The summed E-state index contributed by atoms with van der Waals surface area (Å²) >= 11 is 0. The van der Waals surface area contributed by atoms with Crippen LogP contribution in [0.5, 0.6) is 0 Å². The summed E-state index contributed by atoms with van der Waals surface area (Å²) in [5.41, 5.74) is 0.724. The molecule has 0 bridgehead atoms. The minimum Gasteiger partial charge on any atom is -0.548 e. The van der Waals surface area contributed by atoms with Crippen molar-refractivity contribution in [2.24, 2.45) is 5.92 Å². The van der Waals surface area contributed by atoms with Gasteiger partial charge in [-0.05, 0) is 12.0 Å². The number of hydrogen-bond donors (Lipinski definition) is 1. The van der Waals surface area contributed by atoms with Crippen LogP contribution in [0, 0.1) is 5.92 Å². The molecule has 6 nitrogen and oxygen atoms in total. The zero-order valence-corrected chi connectivity index (χ0v) is 11.3. The van der Waals surface area contributed by atoms with E-state index in [0.29, 0.717) is 0 Å². The third kappa shape index (κ3) is 6.27. The maximum absolute atomic E-state index is 11.4. The molecule has 0 unspecified atom stereocenters. The van der Waals surface area contributed by atoms with Gasteiger partial charge in [-0.15, -0.1) is 0 Å². The first-order valence-corrected chi connectivity index (χ1v) is 5.53. The van der Waals surface area contributed by atoms with Gasteiger partial charge in [-0.3, -0.25) is 4.98 Å². The Balaban J connectivity index is 0.00000324. The van der Waals surface area contributed by atoms with Crippen molar-refractivity contribution in [3.05, 3.63) is 30.1 Å². The molecule has 1 N–H and O–H groups in total. The molecule has 0 aliphatic carbocycles. The maximum atomic E-state index is 11.4. The Hall–Kier alpha value is -1.51. The number of amides is 1. The standard InChI is InChI=1S/C12H16N2O4.Li/c1-8(2)10(11(15)16)14-12(17)18-7-9-4-3-5-13-6-9;/h3-6,8,10H,7H2,1-2H3,(H,14,17)(H,15,16);/q;+1/p-1/t10-;/m0./s1. The van der Waals surface area contributed by atoms with Crippen LogP contribution in [0.15, 0.2) is 24.5 Å². The van der Waals surface area contributed by atoms with Gasteiger partial charge in [0.05, 0.1) is 12.0 Å². The zero-order chi connectivity index (χ0) is 13.5. The van der Waals surface area contributed by atoms with Crippen LogP contribution in [0.25, 0.3) is 0 Å². The molecule has 1 amide bonds. The minimum absolute atomic E-state index is 0. The summed E-state index contributed by atoms with van der Waals surface area (Å²) in [6.45, 7) is 3.38. The van der Waals surface area contributed by atoms with Crippen molar-refractivity contribution in [1.29, 1.82) is 0 Å². The van der Waals surface area contributed by atoms with Crippen LogP contribution in [0.2, 0.25) is 0 Å².